The van der Waals surface area contributed by atoms with Crippen molar-refractivity contribution >= 4 is 16.5 Å². The van der Waals surface area contributed by atoms with Gasteiger partial charge >= 0.3 is 0 Å². The molecule has 2 rings (SSSR count). The first kappa shape index (κ1) is 10.4. The molecule has 5 nitrogen and oxygen atoms in total. The number of ether oxygens (including phenoxy) is 1. The number of rotatable bonds is 3. The van der Waals surface area contributed by atoms with Gasteiger partial charge in [0.1, 0.15) is 6.20 Å². The number of pyridine rings is 1. The first-order valence-corrected chi connectivity index (χ1v) is 4.89. The largest absolute Gasteiger partial charge is 0.478 e. The maximum atomic E-state index is 10.8. The van der Waals surface area contributed by atoms with Crippen LogP contribution in [0.3, 0.4) is 0 Å². The van der Waals surface area contributed by atoms with E-state index in [1.54, 1.807) is 24.3 Å². The average molecular weight is 218 g/mol. The standard InChI is InChI=1S/C11H10N2O3/c1-2-16-11-9-6-4-3-5-8(9)10(7-12-11)13(14)15/h3-7H,2H2,1H3. The van der Waals surface area contributed by atoms with E-state index in [9.17, 15) is 10.1 Å². The minimum atomic E-state index is -0.439. The third-order valence-electron chi connectivity index (χ3n) is 2.22. The van der Waals surface area contributed by atoms with Crippen LogP contribution in [0.1, 0.15) is 6.92 Å². The van der Waals surface area contributed by atoms with Gasteiger partial charge in [0.05, 0.1) is 22.3 Å². The predicted molar refractivity (Wildman–Crippen MR) is 59.6 cm³/mol. The molecule has 0 aliphatic heterocycles. The first-order valence-electron chi connectivity index (χ1n) is 4.89. The van der Waals surface area contributed by atoms with Gasteiger partial charge in [-0.15, -0.1) is 0 Å². The fourth-order valence-electron chi connectivity index (χ4n) is 1.55. The van der Waals surface area contributed by atoms with Crippen LogP contribution in [-0.2, 0) is 0 Å². The van der Waals surface area contributed by atoms with Gasteiger partial charge in [0, 0.05) is 0 Å². The second-order valence-corrected chi connectivity index (χ2v) is 3.18. The Morgan fingerprint density at radius 3 is 2.69 bits per heavy atom. The molecular weight excluding hydrogens is 208 g/mol. The van der Waals surface area contributed by atoms with E-state index in [4.69, 9.17) is 4.74 Å². The molecule has 0 fully saturated rings. The Hall–Kier alpha value is -2.17. The quantitative estimate of drug-likeness (QED) is 0.586. The Morgan fingerprint density at radius 1 is 1.38 bits per heavy atom. The number of hydrogen-bond acceptors (Lipinski definition) is 4. The fraction of sp³-hybridized carbons (Fsp3) is 0.182. The minimum absolute atomic E-state index is 0.000877. The number of nitrogens with zero attached hydrogens (tertiary/aromatic N) is 2. The number of hydrogen-bond donors (Lipinski definition) is 0. The summed E-state index contributed by atoms with van der Waals surface area (Å²) in [6, 6.07) is 7.01. The van der Waals surface area contributed by atoms with Crippen molar-refractivity contribution < 1.29 is 9.66 Å². The molecule has 0 aliphatic rings. The van der Waals surface area contributed by atoms with E-state index in [1.165, 1.54) is 6.20 Å². The van der Waals surface area contributed by atoms with Crippen LogP contribution in [0.2, 0.25) is 0 Å². The normalized spacial score (nSPS) is 10.3. The number of aromatic nitrogens is 1. The molecule has 5 heteroatoms. The molecule has 2 aromatic rings. The molecule has 16 heavy (non-hydrogen) atoms. The lowest BCUT2D eigenvalue weighted by Crippen LogP contribution is -1.97. The summed E-state index contributed by atoms with van der Waals surface area (Å²) in [5.74, 6) is 0.434. The van der Waals surface area contributed by atoms with Crippen molar-refractivity contribution in [2.24, 2.45) is 0 Å². The van der Waals surface area contributed by atoms with E-state index in [0.29, 0.717) is 23.3 Å². The van der Waals surface area contributed by atoms with Crippen molar-refractivity contribution in [1.29, 1.82) is 0 Å². The highest BCUT2D eigenvalue weighted by atomic mass is 16.6. The fourth-order valence-corrected chi connectivity index (χ4v) is 1.55. The molecular formula is C11H10N2O3. The summed E-state index contributed by atoms with van der Waals surface area (Å²) in [7, 11) is 0. The summed E-state index contributed by atoms with van der Waals surface area (Å²) in [5.41, 5.74) is -0.000877. The van der Waals surface area contributed by atoms with E-state index in [-0.39, 0.29) is 5.69 Å². The Labute approximate surface area is 91.8 Å². The summed E-state index contributed by atoms with van der Waals surface area (Å²) in [6.45, 7) is 2.33. The Bertz CT molecular complexity index is 540. The molecule has 0 spiro atoms. The summed E-state index contributed by atoms with van der Waals surface area (Å²) >= 11 is 0. The molecule has 0 aliphatic carbocycles. The van der Waals surface area contributed by atoms with Crippen molar-refractivity contribution in [3.8, 4) is 5.88 Å². The van der Waals surface area contributed by atoms with Crippen LogP contribution in [0.25, 0.3) is 10.8 Å². The molecule has 1 heterocycles. The molecule has 1 aromatic heterocycles. The van der Waals surface area contributed by atoms with Crippen LogP contribution >= 0.6 is 0 Å². The third kappa shape index (κ3) is 1.67. The Balaban J connectivity index is 2.71. The van der Waals surface area contributed by atoms with Crippen molar-refractivity contribution in [3.63, 3.8) is 0 Å². The topological polar surface area (TPSA) is 65.3 Å². The van der Waals surface area contributed by atoms with Crippen LogP contribution in [-0.4, -0.2) is 16.5 Å². The van der Waals surface area contributed by atoms with Crippen LogP contribution in [0.4, 0.5) is 5.69 Å². The van der Waals surface area contributed by atoms with Gasteiger partial charge in [0.15, 0.2) is 0 Å². The monoisotopic (exact) mass is 218 g/mol. The summed E-state index contributed by atoms with van der Waals surface area (Å²) in [6.07, 6.45) is 1.23. The highest BCUT2D eigenvalue weighted by molar-refractivity contribution is 5.93. The second-order valence-electron chi connectivity index (χ2n) is 3.18. The van der Waals surface area contributed by atoms with Crippen LogP contribution in [0.15, 0.2) is 30.5 Å². The average Bonchev–Trinajstić information content (AvgIpc) is 2.29. The minimum Gasteiger partial charge on any atom is -0.478 e. The molecule has 82 valence electrons. The molecule has 0 bridgehead atoms. The van der Waals surface area contributed by atoms with Gasteiger partial charge in [-0.3, -0.25) is 10.1 Å². The number of nitro groups is 1. The summed E-state index contributed by atoms with van der Waals surface area (Å²) < 4.78 is 5.32. The van der Waals surface area contributed by atoms with E-state index in [0.717, 1.165) is 0 Å². The van der Waals surface area contributed by atoms with Crippen LogP contribution in [0, 0.1) is 10.1 Å². The number of fused-ring (bicyclic) bond motifs is 1. The predicted octanol–water partition coefficient (Wildman–Crippen LogP) is 2.54. The van der Waals surface area contributed by atoms with Crippen molar-refractivity contribution in [2.45, 2.75) is 6.92 Å². The third-order valence-corrected chi connectivity index (χ3v) is 2.22. The highest BCUT2D eigenvalue weighted by Gasteiger charge is 2.15. The second kappa shape index (κ2) is 4.14. The molecule has 0 saturated carbocycles. The van der Waals surface area contributed by atoms with Gasteiger partial charge in [0.2, 0.25) is 5.88 Å². The lowest BCUT2D eigenvalue weighted by atomic mass is 10.1. The summed E-state index contributed by atoms with van der Waals surface area (Å²) in [4.78, 5) is 14.3. The molecule has 0 unspecified atom stereocenters. The molecule has 0 radical (unpaired) electrons. The highest BCUT2D eigenvalue weighted by Crippen LogP contribution is 2.30. The summed E-state index contributed by atoms with van der Waals surface area (Å²) in [5, 5.41) is 12.0. The van der Waals surface area contributed by atoms with Gasteiger partial charge in [-0.1, -0.05) is 12.1 Å². The van der Waals surface area contributed by atoms with Crippen molar-refractivity contribution in [2.75, 3.05) is 6.61 Å². The van der Waals surface area contributed by atoms with E-state index in [1.807, 2.05) is 6.92 Å². The van der Waals surface area contributed by atoms with Crippen LogP contribution in [0.5, 0.6) is 5.88 Å². The zero-order valence-electron chi connectivity index (χ0n) is 8.71. The van der Waals surface area contributed by atoms with Gasteiger partial charge in [-0.05, 0) is 19.1 Å². The van der Waals surface area contributed by atoms with Gasteiger partial charge in [-0.2, -0.15) is 0 Å². The van der Waals surface area contributed by atoms with Gasteiger partial charge < -0.3 is 4.74 Å². The first-order chi connectivity index (χ1) is 7.74. The zero-order chi connectivity index (χ0) is 11.5. The molecule has 0 saturated heterocycles. The molecule has 0 N–H and O–H groups in total. The van der Waals surface area contributed by atoms with Gasteiger partial charge in [0.25, 0.3) is 5.69 Å². The smallest absolute Gasteiger partial charge is 0.295 e. The molecule has 0 atom stereocenters. The molecule has 1 aromatic carbocycles. The van der Waals surface area contributed by atoms with Gasteiger partial charge in [-0.25, -0.2) is 4.98 Å². The van der Waals surface area contributed by atoms with E-state index in [2.05, 4.69) is 4.98 Å². The van der Waals surface area contributed by atoms with Crippen molar-refractivity contribution in [3.05, 3.63) is 40.6 Å². The Morgan fingerprint density at radius 2 is 2.06 bits per heavy atom. The maximum absolute atomic E-state index is 10.8. The number of benzene rings is 1. The molecule has 0 amide bonds. The Kier molecular flexibility index (Phi) is 2.68. The SMILES string of the molecule is CCOc1ncc([N+](=O)[O-])c2ccccc12. The lowest BCUT2D eigenvalue weighted by Gasteiger charge is -2.05. The lowest BCUT2D eigenvalue weighted by molar-refractivity contribution is -0.383. The maximum Gasteiger partial charge on any atom is 0.295 e. The van der Waals surface area contributed by atoms with E-state index < -0.39 is 4.92 Å². The van der Waals surface area contributed by atoms with Crippen molar-refractivity contribution in [1.82, 2.24) is 4.98 Å². The van der Waals surface area contributed by atoms with Crippen LogP contribution < -0.4 is 4.74 Å². The zero-order valence-corrected chi connectivity index (χ0v) is 8.71. The van der Waals surface area contributed by atoms with E-state index >= 15 is 0 Å².